The number of benzene rings is 1. The fraction of sp³-hybridized carbons (Fsp3) is 0.350. The standard InChI is InChI=1S/C20H21F3N6O/c1-2-12-30-16-5-3-4-15(13-16)14-27-8-10-28(11-9-27)18-7-6-17-24-25-19(20(21,22)23)29(17)26-18/h2-7,13H,1,8-12,14H2. The van der Waals surface area contributed by atoms with Crippen LogP contribution in [0.25, 0.3) is 5.65 Å². The minimum atomic E-state index is -4.60. The highest BCUT2D eigenvalue weighted by Gasteiger charge is 2.37. The predicted octanol–water partition coefficient (Wildman–Crippen LogP) is 3.03. The van der Waals surface area contributed by atoms with E-state index in [4.69, 9.17) is 4.74 Å². The Kier molecular flexibility index (Phi) is 5.58. The molecule has 30 heavy (non-hydrogen) atoms. The quantitative estimate of drug-likeness (QED) is 0.574. The second kappa shape index (κ2) is 8.31. The summed E-state index contributed by atoms with van der Waals surface area (Å²) in [5.41, 5.74) is 1.21. The van der Waals surface area contributed by atoms with Crippen molar-refractivity contribution in [2.45, 2.75) is 12.7 Å². The Morgan fingerprint density at radius 2 is 1.87 bits per heavy atom. The highest BCUT2D eigenvalue weighted by atomic mass is 19.4. The van der Waals surface area contributed by atoms with E-state index in [1.807, 2.05) is 29.2 Å². The van der Waals surface area contributed by atoms with E-state index in [-0.39, 0.29) is 5.65 Å². The van der Waals surface area contributed by atoms with E-state index >= 15 is 0 Å². The van der Waals surface area contributed by atoms with E-state index in [2.05, 4.69) is 26.8 Å². The molecule has 0 radical (unpaired) electrons. The van der Waals surface area contributed by atoms with Crippen LogP contribution in [0.4, 0.5) is 19.0 Å². The van der Waals surface area contributed by atoms with Gasteiger partial charge in [0.1, 0.15) is 18.2 Å². The predicted molar refractivity (Wildman–Crippen MR) is 105 cm³/mol. The van der Waals surface area contributed by atoms with Crippen molar-refractivity contribution in [3.05, 3.63) is 60.4 Å². The molecule has 10 heteroatoms. The van der Waals surface area contributed by atoms with Crippen LogP contribution >= 0.6 is 0 Å². The van der Waals surface area contributed by atoms with Crippen molar-refractivity contribution in [1.82, 2.24) is 24.7 Å². The van der Waals surface area contributed by atoms with E-state index in [0.717, 1.165) is 35.5 Å². The topological polar surface area (TPSA) is 58.8 Å². The van der Waals surface area contributed by atoms with E-state index < -0.39 is 12.0 Å². The third-order valence-electron chi connectivity index (χ3n) is 4.87. The lowest BCUT2D eigenvalue weighted by molar-refractivity contribution is -0.146. The number of rotatable bonds is 6. The van der Waals surface area contributed by atoms with E-state index in [0.29, 0.717) is 25.5 Å². The third-order valence-corrected chi connectivity index (χ3v) is 4.87. The maximum atomic E-state index is 13.1. The minimum Gasteiger partial charge on any atom is -0.490 e. The smallest absolute Gasteiger partial charge is 0.453 e. The monoisotopic (exact) mass is 418 g/mol. The molecule has 3 heterocycles. The molecule has 0 spiro atoms. The first-order valence-corrected chi connectivity index (χ1v) is 9.53. The van der Waals surface area contributed by atoms with Gasteiger partial charge in [0.2, 0.25) is 0 Å². The number of ether oxygens (including phenoxy) is 1. The van der Waals surface area contributed by atoms with Gasteiger partial charge in [-0.25, -0.2) is 0 Å². The van der Waals surface area contributed by atoms with Crippen molar-refractivity contribution in [2.24, 2.45) is 0 Å². The lowest BCUT2D eigenvalue weighted by Gasteiger charge is -2.35. The summed E-state index contributed by atoms with van der Waals surface area (Å²) in [4.78, 5) is 4.27. The van der Waals surface area contributed by atoms with E-state index in [1.165, 1.54) is 6.07 Å². The molecule has 158 valence electrons. The molecule has 1 fully saturated rings. The van der Waals surface area contributed by atoms with Gasteiger partial charge >= 0.3 is 6.18 Å². The molecule has 0 saturated carbocycles. The van der Waals surface area contributed by atoms with Gasteiger partial charge in [0, 0.05) is 32.7 Å². The SMILES string of the molecule is C=CCOc1cccc(CN2CCN(c3ccc4nnc(C(F)(F)F)n4n3)CC2)c1. The molecule has 1 aromatic carbocycles. The number of hydrogen-bond donors (Lipinski definition) is 0. The summed E-state index contributed by atoms with van der Waals surface area (Å²) < 4.78 is 45.6. The zero-order valence-corrected chi connectivity index (χ0v) is 16.2. The first kappa shape index (κ1) is 20.1. The molecule has 1 aliphatic rings. The number of piperazine rings is 1. The first-order valence-electron chi connectivity index (χ1n) is 9.53. The fourth-order valence-corrected chi connectivity index (χ4v) is 3.41. The average molecular weight is 418 g/mol. The molecule has 0 aliphatic carbocycles. The third kappa shape index (κ3) is 4.38. The van der Waals surface area contributed by atoms with Crippen LogP contribution < -0.4 is 9.64 Å². The molecule has 7 nitrogen and oxygen atoms in total. The van der Waals surface area contributed by atoms with Crippen molar-refractivity contribution in [2.75, 3.05) is 37.7 Å². The Bertz CT molecular complexity index is 1030. The molecule has 0 amide bonds. The van der Waals surface area contributed by atoms with Crippen LogP contribution in [-0.4, -0.2) is 57.5 Å². The second-order valence-corrected chi connectivity index (χ2v) is 6.99. The van der Waals surface area contributed by atoms with Gasteiger partial charge in [-0.1, -0.05) is 24.8 Å². The van der Waals surface area contributed by atoms with Crippen LogP contribution in [0.15, 0.2) is 49.1 Å². The second-order valence-electron chi connectivity index (χ2n) is 6.99. The average Bonchev–Trinajstić information content (AvgIpc) is 3.17. The largest absolute Gasteiger partial charge is 0.490 e. The van der Waals surface area contributed by atoms with Gasteiger partial charge in [-0.15, -0.1) is 15.3 Å². The van der Waals surface area contributed by atoms with Crippen LogP contribution in [-0.2, 0) is 12.7 Å². The minimum absolute atomic E-state index is 0.0725. The lowest BCUT2D eigenvalue weighted by Crippen LogP contribution is -2.46. The molecular formula is C20H21F3N6O. The Balaban J connectivity index is 1.40. The van der Waals surface area contributed by atoms with Gasteiger partial charge in [-0.3, -0.25) is 4.90 Å². The van der Waals surface area contributed by atoms with Gasteiger partial charge in [0.05, 0.1) is 0 Å². The highest BCUT2D eigenvalue weighted by Crippen LogP contribution is 2.28. The molecule has 2 aromatic heterocycles. The van der Waals surface area contributed by atoms with Gasteiger partial charge < -0.3 is 9.64 Å². The number of alkyl halides is 3. The van der Waals surface area contributed by atoms with Crippen LogP contribution in [0.2, 0.25) is 0 Å². The summed E-state index contributed by atoms with van der Waals surface area (Å²) in [6.07, 6.45) is -2.90. The normalized spacial score (nSPS) is 15.5. The molecule has 1 saturated heterocycles. The number of anilines is 1. The molecular weight excluding hydrogens is 397 g/mol. The first-order chi connectivity index (χ1) is 14.4. The number of fused-ring (bicyclic) bond motifs is 1. The van der Waals surface area contributed by atoms with Crippen LogP contribution in [0, 0.1) is 0 Å². The van der Waals surface area contributed by atoms with Crippen LogP contribution in [0.1, 0.15) is 11.4 Å². The summed E-state index contributed by atoms with van der Waals surface area (Å²) in [5.74, 6) is 0.168. The molecule has 1 aliphatic heterocycles. The summed E-state index contributed by atoms with van der Waals surface area (Å²) in [7, 11) is 0. The van der Waals surface area contributed by atoms with Crippen molar-refractivity contribution in [1.29, 1.82) is 0 Å². The van der Waals surface area contributed by atoms with E-state index in [9.17, 15) is 13.2 Å². The summed E-state index contributed by atoms with van der Waals surface area (Å²) >= 11 is 0. The molecule has 4 rings (SSSR count). The zero-order valence-electron chi connectivity index (χ0n) is 16.2. The van der Waals surface area contributed by atoms with E-state index in [1.54, 1.807) is 12.1 Å². The van der Waals surface area contributed by atoms with Gasteiger partial charge in [-0.05, 0) is 29.8 Å². The van der Waals surface area contributed by atoms with Gasteiger partial charge in [0.25, 0.3) is 5.82 Å². The Labute approximate surface area is 171 Å². The fourth-order valence-electron chi connectivity index (χ4n) is 3.41. The Morgan fingerprint density at radius 1 is 1.07 bits per heavy atom. The molecule has 3 aromatic rings. The zero-order chi connectivity index (χ0) is 21.1. The van der Waals surface area contributed by atoms with Crippen LogP contribution in [0.3, 0.4) is 0 Å². The van der Waals surface area contributed by atoms with Crippen molar-refractivity contribution >= 4 is 11.5 Å². The van der Waals surface area contributed by atoms with Crippen molar-refractivity contribution in [3.63, 3.8) is 0 Å². The highest BCUT2D eigenvalue weighted by molar-refractivity contribution is 5.46. The number of hydrogen-bond acceptors (Lipinski definition) is 6. The molecule has 0 bridgehead atoms. The Hall–Kier alpha value is -3.14. The van der Waals surface area contributed by atoms with Gasteiger partial charge in [0.15, 0.2) is 5.65 Å². The molecule has 0 atom stereocenters. The maximum absolute atomic E-state index is 13.1. The number of aromatic nitrogens is 4. The number of nitrogens with zero attached hydrogens (tertiary/aromatic N) is 6. The molecule has 0 unspecified atom stereocenters. The lowest BCUT2D eigenvalue weighted by atomic mass is 10.2. The summed E-state index contributed by atoms with van der Waals surface area (Å²) in [6.45, 7) is 7.74. The summed E-state index contributed by atoms with van der Waals surface area (Å²) in [6, 6.07) is 11.1. The summed E-state index contributed by atoms with van der Waals surface area (Å²) in [5, 5.41) is 10.9. The Morgan fingerprint density at radius 3 is 2.60 bits per heavy atom. The van der Waals surface area contributed by atoms with Crippen LogP contribution in [0.5, 0.6) is 5.75 Å². The van der Waals surface area contributed by atoms with Crippen molar-refractivity contribution < 1.29 is 17.9 Å². The molecule has 0 N–H and O–H groups in total. The van der Waals surface area contributed by atoms with Crippen molar-refractivity contribution in [3.8, 4) is 5.75 Å². The van der Waals surface area contributed by atoms with Gasteiger partial charge in [-0.2, -0.15) is 17.7 Å². The maximum Gasteiger partial charge on any atom is 0.453 e. The number of halogens is 3.